The molecule has 0 bridgehead atoms. The molecule has 6 heteroatoms. The molecule has 0 aliphatic heterocycles. The van der Waals surface area contributed by atoms with Crippen molar-refractivity contribution < 1.29 is 18.7 Å². The highest BCUT2D eigenvalue weighted by molar-refractivity contribution is 5.97. The van der Waals surface area contributed by atoms with Crippen LogP contribution < -0.4 is 10.5 Å². The van der Waals surface area contributed by atoms with Crippen molar-refractivity contribution in [1.29, 1.82) is 0 Å². The molecule has 1 aromatic rings. The number of ether oxygens (including phenoxy) is 1. The zero-order valence-corrected chi connectivity index (χ0v) is 11.1. The van der Waals surface area contributed by atoms with Crippen LogP contribution in [0.5, 0.6) is 5.75 Å². The van der Waals surface area contributed by atoms with Crippen LogP contribution in [0.25, 0.3) is 0 Å². The van der Waals surface area contributed by atoms with E-state index in [0.29, 0.717) is 12.5 Å². The molecule has 1 aliphatic carbocycles. The van der Waals surface area contributed by atoms with Gasteiger partial charge in [0.2, 0.25) is 0 Å². The van der Waals surface area contributed by atoms with Gasteiger partial charge in [0.15, 0.2) is 23.2 Å². The zero-order chi connectivity index (χ0) is 14.5. The molecule has 110 valence electrons. The molecule has 0 spiro atoms. The van der Waals surface area contributed by atoms with Gasteiger partial charge in [-0.1, -0.05) is 24.4 Å². The molecular weight excluding hydrogens is 266 g/mol. The Morgan fingerprint density at radius 2 is 1.85 bits per heavy atom. The Bertz CT molecular complexity index is 477. The summed E-state index contributed by atoms with van der Waals surface area (Å²) in [6.07, 6.45) is 5.56. The predicted molar refractivity (Wildman–Crippen MR) is 70.9 cm³/mol. The Labute approximate surface area is 116 Å². The van der Waals surface area contributed by atoms with Crippen LogP contribution in [0.2, 0.25) is 0 Å². The molecular formula is C14H18F2N2O2. The van der Waals surface area contributed by atoms with Gasteiger partial charge >= 0.3 is 0 Å². The Morgan fingerprint density at radius 1 is 1.25 bits per heavy atom. The van der Waals surface area contributed by atoms with E-state index in [1.807, 2.05) is 0 Å². The Balaban J connectivity index is 2.08. The number of hydrogen-bond acceptors (Lipinski definition) is 3. The molecule has 0 saturated heterocycles. The van der Waals surface area contributed by atoms with Gasteiger partial charge in [0.05, 0.1) is 6.61 Å². The van der Waals surface area contributed by atoms with Crippen molar-refractivity contribution in [2.45, 2.75) is 32.1 Å². The highest BCUT2D eigenvalue weighted by Crippen LogP contribution is 2.27. The van der Waals surface area contributed by atoms with Gasteiger partial charge in [-0.2, -0.15) is 0 Å². The maximum absolute atomic E-state index is 13.8. The zero-order valence-electron chi connectivity index (χ0n) is 11.1. The number of amidine groups is 1. The highest BCUT2D eigenvalue weighted by Gasteiger charge is 2.18. The first kappa shape index (κ1) is 14.6. The standard InChI is InChI=1S/C14H18F2N2O2/c15-11-6-10(14(17)18-19)7-12(16)13(11)20-8-9-4-2-1-3-5-9/h6-7,9,19H,1-5,8H2,(H2,17,18). The second-order valence-corrected chi connectivity index (χ2v) is 5.07. The van der Waals surface area contributed by atoms with Crippen molar-refractivity contribution in [3.8, 4) is 5.75 Å². The number of nitrogens with two attached hydrogens (primary N) is 1. The summed E-state index contributed by atoms with van der Waals surface area (Å²) in [4.78, 5) is 0. The second kappa shape index (κ2) is 6.54. The van der Waals surface area contributed by atoms with Crippen LogP contribution in [0.15, 0.2) is 17.3 Å². The lowest BCUT2D eigenvalue weighted by molar-refractivity contribution is 0.195. The maximum Gasteiger partial charge on any atom is 0.190 e. The van der Waals surface area contributed by atoms with Crippen LogP contribution in [0.1, 0.15) is 37.7 Å². The molecule has 1 aromatic carbocycles. The van der Waals surface area contributed by atoms with Crippen LogP contribution in [-0.4, -0.2) is 17.6 Å². The summed E-state index contributed by atoms with van der Waals surface area (Å²) in [7, 11) is 0. The summed E-state index contributed by atoms with van der Waals surface area (Å²) in [6, 6.07) is 1.99. The van der Waals surface area contributed by atoms with Gasteiger partial charge in [-0.25, -0.2) is 8.78 Å². The SMILES string of the molecule is N/C(=N/O)c1cc(F)c(OCC2CCCCC2)c(F)c1. The van der Waals surface area contributed by atoms with Gasteiger partial charge in [0.25, 0.3) is 0 Å². The lowest BCUT2D eigenvalue weighted by Gasteiger charge is -2.22. The molecule has 1 aliphatic rings. The molecule has 2 rings (SSSR count). The Hall–Kier alpha value is -1.85. The highest BCUT2D eigenvalue weighted by atomic mass is 19.1. The Morgan fingerprint density at radius 3 is 2.40 bits per heavy atom. The van der Waals surface area contributed by atoms with Gasteiger partial charge in [-0.15, -0.1) is 0 Å². The van der Waals surface area contributed by atoms with Crippen LogP contribution >= 0.6 is 0 Å². The summed E-state index contributed by atoms with van der Waals surface area (Å²) in [5, 5.41) is 11.2. The Kier molecular flexibility index (Phi) is 4.76. The topological polar surface area (TPSA) is 67.8 Å². The van der Waals surface area contributed by atoms with E-state index in [-0.39, 0.29) is 11.4 Å². The molecule has 0 unspecified atom stereocenters. The van der Waals surface area contributed by atoms with Crippen molar-refractivity contribution >= 4 is 5.84 Å². The third-order valence-electron chi connectivity index (χ3n) is 3.59. The molecule has 1 fully saturated rings. The lowest BCUT2D eigenvalue weighted by Crippen LogP contribution is -2.17. The van der Waals surface area contributed by atoms with E-state index in [4.69, 9.17) is 15.7 Å². The van der Waals surface area contributed by atoms with Crippen LogP contribution in [0.3, 0.4) is 0 Å². The third-order valence-corrected chi connectivity index (χ3v) is 3.59. The van der Waals surface area contributed by atoms with E-state index < -0.39 is 17.4 Å². The van der Waals surface area contributed by atoms with Gasteiger partial charge in [-0.3, -0.25) is 0 Å². The summed E-state index contributed by atoms with van der Waals surface area (Å²) in [5.74, 6) is -2.08. The smallest absolute Gasteiger partial charge is 0.190 e. The number of oxime groups is 1. The van der Waals surface area contributed by atoms with Gasteiger partial charge < -0.3 is 15.7 Å². The fraction of sp³-hybridized carbons (Fsp3) is 0.500. The average Bonchev–Trinajstić information content (AvgIpc) is 2.46. The summed E-state index contributed by atoms with van der Waals surface area (Å²) in [6.45, 7) is 0.316. The quantitative estimate of drug-likeness (QED) is 0.386. The van der Waals surface area contributed by atoms with Crippen molar-refractivity contribution in [2.24, 2.45) is 16.8 Å². The predicted octanol–water partition coefficient (Wildman–Crippen LogP) is 3.02. The van der Waals surface area contributed by atoms with Crippen molar-refractivity contribution in [2.75, 3.05) is 6.61 Å². The van der Waals surface area contributed by atoms with E-state index in [9.17, 15) is 8.78 Å². The molecule has 0 heterocycles. The van der Waals surface area contributed by atoms with Crippen LogP contribution in [0, 0.1) is 17.6 Å². The first-order valence-corrected chi connectivity index (χ1v) is 6.71. The molecule has 0 amide bonds. The fourth-order valence-electron chi connectivity index (χ4n) is 2.46. The minimum atomic E-state index is -0.845. The van der Waals surface area contributed by atoms with Crippen molar-refractivity contribution in [3.63, 3.8) is 0 Å². The maximum atomic E-state index is 13.8. The van der Waals surface area contributed by atoms with Gasteiger partial charge in [-0.05, 0) is 30.9 Å². The molecule has 0 aromatic heterocycles. The molecule has 20 heavy (non-hydrogen) atoms. The first-order valence-electron chi connectivity index (χ1n) is 6.71. The summed E-state index contributed by atoms with van der Waals surface area (Å²) >= 11 is 0. The molecule has 0 atom stereocenters. The largest absolute Gasteiger partial charge is 0.487 e. The molecule has 0 radical (unpaired) electrons. The lowest BCUT2D eigenvalue weighted by atomic mass is 9.90. The van der Waals surface area contributed by atoms with E-state index in [1.54, 1.807) is 0 Å². The average molecular weight is 284 g/mol. The number of hydrogen-bond donors (Lipinski definition) is 2. The van der Waals surface area contributed by atoms with Gasteiger partial charge in [0.1, 0.15) is 0 Å². The van der Waals surface area contributed by atoms with Crippen LogP contribution in [0.4, 0.5) is 8.78 Å². The third kappa shape index (κ3) is 3.37. The minimum Gasteiger partial charge on any atom is -0.487 e. The monoisotopic (exact) mass is 284 g/mol. The first-order chi connectivity index (χ1) is 9.61. The van der Waals surface area contributed by atoms with Gasteiger partial charge in [0, 0.05) is 5.56 Å². The summed E-state index contributed by atoms with van der Waals surface area (Å²) in [5.41, 5.74) is 5.28. The number of nitrogens with zero attached hydrogens (tertiary/aromatic N) is 1. The molecule has 4 nitrogen and oxygen atoms in total. The van der Waals surface area contributed by atoms with Crippen molar-refractivity contribution in [1.82, 2.24) is 0 Å². The number of benzene rings is 1. The number of rotatable bonds is 4. The number of halogens is 2. The van der Waals surface area contributed by atoms with Crippen LogP contribution in [-0.2, 0) is 0 Å². The second-order valence-electron chi connectivity index (χ2n) is 5.07. The summed E-state index contributed by atoms with van der Waals surface area (Å²) < 4.78 is 32.9. The van der Waals surface area contributed by atoms with E-state index in [0.717, 1.165) is 37.8 Å². The normalized spacial score (nSPS) is 17.2. The molecule has 1 saturated carbocycles. The van der Waals surface area contributed by atoms with Crippen molar-refractivity contribution in [3.05, 3.63) is 29.3 Å². The fourth-order valence-corrected chi connectivity index (χ4v) is 2.46. The molecule has 3 N–H and O–H groups in total. The van der Waals surface area contributed by atoms with E-state index in [2.05, 4.69) is 5.16 Å². The van der Waals surface area contributed by atoms with E-state index >= 15 is 0 Å². The minimum absolute atomic E-state index is 0.0208. The van der Waals surface area contributed by atoms with E-state index in [1.165, 1.54) is 6.42 Å².